The highest BCUT2D eigenvalue weighted by Crippen LogP contribution is 2.13. The molecule has 20 heavy (non-hydrogen) atoms. The molecule has 0 radical (unpaired) electrons. The molecule has 0 saturated heterocycles. The van der Waals surface area contributed by atoms with Gasteiger partial charge in [-0.15, -0.1) is 0 Å². The van der Waals surface area contributed by atoms with E-state index < -0.39 is 16.0 Å². The topological polar surface area (TPSA) is 101 Å². The van der Waals surface area contributed by atoms with Gasteiger partial charge in [0.1, 0.15) is 0 Å². The van der Waals surface area contributed by atoms with Crippen LogP contribution in [-0.4, -0.2) is 31.5 Å². The molecular formula is C13H17NO5S. The Morgan fingerprint density at radius 2 is 1.65 bits per heavy atom. The van der Waals surface area contributed by atoms with E-state index in [1.54, 1.807) is 12.1 Å². The van der Waals surface area contributed by atoms with Gasteiger partial charge in [0, 0.05) is 24.1 Å². The summed E-state index contributed by atoms with van der Waals surface area (Å²) in [7, 11) is -3.33. The van der Waals surface area contributed by atoms with Gasteiger partial charge in [0.15, 0.2) is 5.78 Å². The molecule has 0 aliphatic rings. The van der Waals surface area contributed by atoms with E-state index >= 15 is 0 Å². The number of hydrogen-bond donors (Lipinski definition) is 2. The van der Waals surface area contributed by atoms with Crippen LogP contribution in [0.15, 0.2) is 24.3 Å². The van der Waals surface area contributed by atoms with Crippen LogP contribution >= 0.6 is 0 Å². The SMILES string of the molecule is CS(=O)(=O)Nc1ccc(C(=O)CCCCC(=O)O)cc1. The van der Waals surface area contributed by atoms with Crippen molar-refractivity contribution in [1.29, 1.82) is 0 Å². The number of aliphatic carboxylic acids is 1. The van der Waals surface area contributed by atoms with Crippen LogP contribution in [0.3, 0.4) is 0 Å². The number of carboxylic acid groups (broad SMARTS) is 1. The molecule has 0 unspecified atom stereocenters. The first-order chi connectivity index (χ1) is 9.28. The largest absolute Gasteiger partial charge is 0.481 e. The third-order valence-corrected chi connectivity index (χ3v) is 3.16. The molecule has 7 heteroatoms. The number of sulfonamides is 1. The molecule has 1 aromatic rings. The van der Waals surface area contributed by atoms with Crippen molar-refractivity contribution in [3.63, 3.8) is 0 Å². The number of carbonyl (C=O) groups excluding carboxylic acids is 1. The molecule has 0 saturated carbocycles. The molecule has 0 amide bonds. The Kier molecular flexibility index (Phi) is 5.69. The van der Waals surface area contributed by atoms with Crippen LogP contribution in [0.2, 0.25) is 0 Å². The maximum Gasteiger partial charge on any atom is 0.303 e. The van der Waals surface area contributed by atoms with Crippen molar-refractivity contribution < 1.29 is 23.1 Å². The molecule has 0 atom stereocenters. The van der Waals surface area contributed by atoms with Gasteiger partial charge in [-0.25, -0.2) is 8.42 Å². The third kappa shape index (κ3) is 6.33. The van der Waals surface area contributed by atoms with Gasteiger partial charge in [0.25, 0.3) is 0 Å². The minimum absolute atomic E-state index is 0.0600. The fourth-order valence-corrected chi connectivity index (χ4v) is 2.21. The van der Waals surface area contributed by atoms with Gasteiger partial charge >= 0.3 is 5.97 Å². The van der Waals surface area contributed by atoms with Gasteiger partial charge in [-0.3, -0.25) is 14.3 Å². The zero-order valence-electron chi connectivity index (χ0n) is 11.1. The number of hydrogen-bond acceptors (Lipinski definition) is 4. The second-order valence-corrected chi connectivity index (χ2v) is 6.22. The van der Waals surface area contributed by atoms with E-state index in [2.05, 4.69) is 4.72 Å². The van der Waals surface area contributed by atoms with Crippen LogP contribution in [-0.2, 0) is 14.8 Å². The molecule has 0 aromatic heterocycles. The van der Waals surface area contributed by atoms with E-state index in [1.165, 1.54) is 12.1 Å². The minimum Gasteiger partial charge on any atom is -0.481 e. The van der Waals surface area contributed by atoms with Gasteiger partial charge < -0.3 is 5.11 Å². The van der Waals surface area contributed by atoms with E-state index in [0.29, 0.717) is 24.1 Å². The molecule has 110 valence electrons. The lowest BCUT2D eigenvalue weighted by atomic mass is 10.0. The van der Waals surface area contributed by atoms with Gasteiger partial charge in [0.05, 0.1) is 6.26 Å². The monoisotopic (exact) mass is 299 g/mol. The second-order valence-electron chi connectivity index (χ2n) is 4.48. The first kappa shape index (κ1) is 16.2. The number of ketones is 1. The number of rotatable bonds is 8. The van der Waals surface area contributed by atoms with Crippen LogP contribution in [0.25, 0.3) is 0 Å². The zero-order chi connectivity index (χ0) is 15.2. The van der Waals surface area contributed by atoms with Crippen LogP contribution < -0.4 is 4.72 Å². The predicted octanol–water partition coefficient (Wildman–Crippen LogP) is 1.89. The minimum atomic E-state index is -3.33. The quantitative estimate of drug-likeness (QED) is 0.564. The third-order valence-electron chi connectivity index (χ3n) is 2.55. The number of Topliss-reactive ketones (excluding diaryl/α,β-unsaturated/α-hetero) is 1. The van der Waals surface area contributed by atoms with Crippen LogP contribution in [0, 0.1) is 0 Å². The van der Waals surface area contributed by atoms with Crippen molar-refractivity contribution in [1.82, 2.24) is 0 Å². The Balaban J connectivity index is 2.51. The first-order valence-corrected chi connectivity index (χ1v) is 8.00. The summed E-state index contributed by atoms with van der Waals surface area (Å²) in [6.07, 6.45) is 2.38. The molecule has 1 aromatic carbocycles. The molecule has 1 rings (SSSR count). The summed E-state index contributed by atoms with van der Waals surface area (Å²) in [5.41, 5.74) is 0.884. The Bertz CT molecular complexity index is 577. The average Bonchev–Trinajstić information content (AvgIpc) is 2.33. The molecule has 0 spiro atoms. The van der Waals surface area contributed by atoms with Crippen molar-refractivity contribution >= 4 is 27.5 Å². The predicted molar refractivity (Wildman–Crippen MR) is 75.3 cm³/mol. The lowest BCUT2D eigenvalue weighted by Gasteiger charge is -2.05. The number of carbonyl (C=O) groups is 2. The summed E-state index contributed by atoms with van der Waals surface area (Å²) >= 11 is 0. The summed E-state index contributed by atoms with van der Waals surface area (Å²) in [6.45, 7) is 0. The standard InChI is InChI=1S/C13H17NO5S/c1-20(18,19)14-11-8-6-10(7-9-11)12(15)4-2-3-5-13(16)17/h6-9,14H,2-5H2,1H3,(H,16,17). The molecule has 0 aliphatic heterocycles. The Hall–Kier alpha value is -1.89. The molecule has 6 nitrogen and oxygen atoms in total. The smallest absolute Gasteiger partial charge is 0.303 e. The number of anilines is 1. The molecule has 2 N–H and O–H groups in total. The summed E-state index contributed by atoms with van der Waals surface area (Å²) in [4.78, 5) is 22.1. The van der Waals surface area contributed by atoms with Gasteiger partial charge in [-0.1, -0.05) is 0 Å². The maximum absolute atomic E-state index is 11.8. The Morgan fingerprint density at radius 1 is 1.10 bits per heavy atom. The fraction of sp³-hybridized carbons (Fsp3) is 0.385. The Labute approximate surface area is 117 Å². The van der Waals surface area contributed by atoms with Gasteiger partial charge in [-0.05, 0) is 37.1 Å². The highest BCUT2D eigenvalue weighted by molar-refractivity contribution is 7.92. The molecule has 0 heterocycles. The molecular weight excluding hydrogens is 282 g/mol. The number of carboxylic acids is 1. The van der Waals surface area contributed by atoms with E-state index in [0.717, 1.165) is 6.26 Å². The summed E-state index contributed by atoms with van der Waals surface area (Å²) in [5, 5.41) is 8.48. The number of nitrogens with one attached hydrogen (secondary N) is 1. The van der Waals surface area contributed by atoms with Crippen LogP contribution in [0.5, 0.6) is 0 Å². The lowest BCUT2D eigenvalue weighted by molar-refractivity contribution is -0.137. The number of unbranched alkanes of at least 4 members (excludes halogenated alkanes) is 1. The zero-order valence-corrected chi connectivity index (χ0v) is 11.9. The van der Waals surface area contributed by atoms with Crippen molar-refractivity contribution in [3.05, 3.63) is 29.8 Å². The average molecular weight is 299 g/mol. The molecule has 0 aliphatic carbocycles. The summed E-state index contributed by atoms with van der Waals surface area (Å²) < 4.78 is 24.4. The highest BCUT2D eigenvalue weighted by Gasteiger charge is 2.07. The summed E-state index contributed by atoms with van der Waals surface area (Å²) in [5.74, 6) is -0.949. The lowest BCUT2D eigenvalue weighted by Crippen LogP contribution is -2.09. The van der Waals surface area contributed by atoms with Crippen molar-refractivity contribution in [2.24, 2.45) is 0 Å². The highest BCUT2D eigenvalue weighted by atomic mass is 32.2. The van der Waals surface area contributed by atoms with E-state index in [9.17, 15) is 18.0 Å². The van der Waals surface area contributed by atoms with E-state index in [4.69, 9.17) is 5.11 Å². The van der Waals surface area contributed by atoms with E-state index in [1.807, 2.05) is 0 Å². The van der Waals surface area contributed by atoms with Crippen LogP contribution in [0.4, 0.5) is 5.69 Å². The molecule has 0 bridgehead atoms. The van der Waals surface area contributed by atoms with E-state index in [-0.39, 0.29) is 18.6 Å². The fourth-order valence-electron chi connectivity index (χ4n) is 1.64. The van der Waals surface area contributed by atoms with Crippen molar-refractivity contribution in [2.75, 3.05) is 11.0 Å². The molecule has 0 fully saturated rings. The van der Waals surface area contributed by atoms with Gasteiger partial charge in [-0.2, -0.15) is 0 Å². The Morgan fingerprint density at radius 3 is 2.15 bits per heavy atom. The normalized spacial score (nSPS) is 11.1. The van der Waals surface area contributed by atoms with Crippen molar-refractivity contribution in [2.45, 2.75) is 25.7 Å². The van der Waals surface area contributed by atoms with Crippen LogP contribution in [0.1, 0.15) is 36.0 Å². The first-order valence-electron chi connectivity index (χ1n) is 6.11. The number of benzene rings is 1. The van der Waals surface area contributed by atoms with Gasteiger partial charge in [0.2, 0.25) is 10.0 Å². The van der Waals surface area contributed by atoms with Crippen molar-refractivity contribution in [3.8, 4) is 0 Å². The second kappa shape index (κ2) is 7.04. The maximum atomic E-state index is 11.8. The summed E-state index contributed by atoms with van der Waals surface area (Å²) in [6, 6.07) is 6.14.